The highest BCUT2D eigenvalue weighted by atomic mass is 16.4. The molecule has 3 atom stereocenters. The van der Waals surface area contributed by atoms with Crippen LogP contribution in [0.1, 0.15) is 58.8 Å². The van der Waals surface area contributed by atoms with Gasteiger partial charge in [0.2, 0.25) is 5.91 Å². The minimum Gasteiger partial charge on any atom is -0.480 e. The van der Waals surface area contributed by atoms with E-state index >= 15 is 0 Å². The van der Waals surface area contributed by atoms with Gasteiger partial charge < -0.3 is 10.4 Å². The van der Waals surface area contributed by atoms with Crippen LogP contribution in [-0.2, 0) is 9.59 Å². The molecule has 0 aliphatic heterocycles. The van der Waals surface area contributed by atoms with Crippen molar-refractivity contribution in [1.29, 1.82) is 0 Å². The Kier molecular flexibility index (Phi) is 4.16. The summed E-state index contributed by atoms with van der Waals surface area (Å²) in [7, 11) is 0. The molecule has 0 aromatic heterocycles. The summed E-state index contributed by atoms with van der Waals surface area (Å²) in [5.41, 5.74) is -1.25. The Balaban J connectivity index is 2.12. The van der Waals surface area contributed by atoms with E-state index in [9.17, 15) is 14.7 Å². The number of rotatable bonds is 5. The molecule has 2 aliphatic carbocycles. The molecule has 2 saturated carbocycles. The number of carboxylic acids is 1. The molecule has 108 valence electrons. The summed E-state index contributed by atoms with van der Waals surface area (Å²) < 4.78 is 0. The summed E-state index contributed by atoms with van der Waals surface area (Å²) in [6, 6.07) is 0.219. The fraction of sp³-hybridized carbons (Fsp3) is 0.867. The van der Waals surface area contributed by atoms with Crippen LogP contribution < -0.4 is 5.32 Å². The van der Waals surface area contributed by atoms with Crippen LogP contribution in [-0.4, -0.2) is 23.0 Å². The third-order valence-electron chi connectivity index (χ3n) is 5.01. The first-order valence-corrected chi connectivity index (χ1v) is 7.52. The van der Waals surface area contributed by atoms with Crippen LogP contribution in [0.15, 0.2) is 0 Å². The van der Waals surface area contributed by atoms with Gasteiger partial charge in [0.25, 0.3) is 0 Å². The molecule has 0 aromatic rings. The number of hydrogen-bond donors (Lipinski definition) is 2. The molecule has 0 aromatic carbocycles. The molecule has 2 aliphatic rings. The molecule has 19 heavy (non-hydrogen) atoms. The van der Waals surface area contributed by atoms with Gasteiger partial charge in [-0.1, -0.05) is 26.2 Å². The van der Waals surface area contributed by atoms with Crippen molar-refractivity contribution in [2.24, 2.45) is 17.3 Å². The average molecular weight is 267 g/mol. The lowest BCUT2D eigenvalue weighted by Crippen LogP contribution is -2.51. The van der Waals surface area contributed by atoms with Crippen LogP contribution in [0.5, 0.6) is 0 Å². The fourth-order valence-corrected chi connectivity index (χ4v) is 3.21. The largest absolute Gasteiger partial charge is 0.480 e. The quantitative estimate of drug-likeness (QED) is 0.752. The van der Waals surface area contributed by atoms with E-state index in [1.165, 1.54) is 6.42 Å². The Morgan fingerprint density at radius 3 is 2.47 bits per heavy atom. The number of carboxylic acid groups (broad SMARTS) is 1. The van der Waals surface area contributed by atoms with Crippen LogP contribution in [0.25, 0.3) is 0 Å². The van der Waals surface area contributed by atoms with Crippen LogP contribution in [0.2, 0.25) is 0 Å². The maximum Gasteiger partial charge on any atom is 0.319 e. The molecule has 3 unspecified atom stereocenters. The van der Waals surface area contributed by atoms with Crippen LogP contribution in [0.3, 0.4) is 0 Å². The molecule has 2 N–H and O–H groups in total. The summed E-state index contributed by atoms with van der Waals surface area (Å²) in [6.07, 6.45) is 7.01. The second-order valence-corrected chi connectivity index (χ2v) is 6.39. The van der Waals surface area contributed by atoms with Crippen molar-refractivity contribution in [2.75, 3.05) is 0 Å². The first-order chi connectivity index (χ1) is 8.98. The van der Waals surface area contributed by atoms with Crippen LogP contribution in [0, 0.1) is 17.3 Å². The van der Waals surface area contributed by atoms with Crippen molar-refractivity contribution in [2.45, 2.75) is 64.8 Å². The smallest absolute Gasteiger partial charge is 0.319 e. The molecule has 0 radical (unpaired) electrons. The van der Waals surface area contributed by atoms with Gasteiger partial charge >= 0.3 is 5.97 Å². The molecule has 0 saturated heterocycles. The lowest BCUT2D eigenvalue weighted by molar-refractivity contribution is -0.160. The number of carbonyl (C=O) groups excluding carboxylic acids is 1. The number of hydrogen-bond acceptors (Lipinski definition) is 2. The van der Waals surface area contributed by atoms with Crippen molar-refractivity contribution in [3.8, 4) is 0 Å². The van der Waals surface area contributed by atoms with Gasteiger partial charge in [0.15, 0.2) is 0 Å². The third-order valence-corrected chi connectivity index (χ3v) is 5.01. The second kappa shape index (κ2) is 5.51. The highest BCUT2D eigenvalue weighted by molar-refractivity contribution is 6.02. The van der Waals surface area contributed by atoms with Crippen molar-refractivity contribution in [1.82, 2.24) is 5.32 Å². The fourth-order valence-electron chi connectivity index (χ4n) is 3.21. The average Bonchev–Trinajstić information content (AvgIpc) is 3.21. The molecule has 0 heterocycles. The minimum absolute atomic E-state index is 0.0255. The molecule has 4 heteroatoms. The van der Waals surface area contributed by atoms with Crippen molar-refractivity contribution < 1.29 is 14.7 Å². The van der Waals surface area contributed by atoms with Crippen molar-refractivity contribution >= 4 is 11.9 Å². The molecule has 0 spiro atoms. The van der Waals surface area contributed by atoms with Gasteiger partial charge in [0.05, 0.1) is 0 Å². The predicted octanol–water partition coefficient (Wildman–Crippen LogP) is 2.57. The van der Waals surface area contributed by atoms with E-state index in [1.54, 1.807) is 6.92 Å². The Morgan fingerprint density at radius 1 is 1.26 bits per heavy atom. The predicted molar refractivity (Wildman–Crippen MR) is 72.6 cm³/mol. The minimum atomic E-state index is -1.25. The van der Waals surface area contributed by atoms with Gasteiger partial charge in [-0.25, -0.2) is 0 Å². The zero-order valence-corrected chi connectivity index (χ0v) is 11.9. The maximum absolute atomic E-state index is 12.4. The lowest BCUT2D eigenvalue weighted by Gasteiger charge is -2.38. The van der Waals surface area contributed by atoms with Crippen LogP contribution >= 0.6 is 0 Å². The van der Waals surface area contributed by atoms with E-state index in [2.05, 4.69) is 12.2 Å². The van der Waals surface area contributed by atoms with Gasteiger partial charge in [-0.3, -0.25) is 9.59 Å². The second-order valence-electron chi connectivity index (χ2n) is 6.39. The third kappa shape index (κ3) is 2.93. The highest BCUT2D eigenvalue weighted by Gasteiger charge is 2.50. The van der Waals surface area contributed by atoms with Crippen molar-refractivity contribution in [3.05, 3.63) is 0 Å². The normalized spacial score (nSPS) is 30.4. The van der Waals surface area contributed by atoms with Crippen LogP contribution in [0.4, 0.5) is 0 Å². The lowest BCUT2D eigenvalue weighted by atomic mass is 9.66. The number of nitrogens with one attached hydrogen (secondary N) is 1. The zero-order chi connectivity index (χ0) is 14.0. The standard InChI is InChI=1S/C15H25NO3/c1-3-10-5-4-6-11(9-10)15(2,14(18)19)13(17)16-12-7-8-12/h10-12H,3-9H2,1-2H3,(H,16,17)(H,18,19). The molecule has 1 amide bonds. The molecule has 2 rings (SSSR count). The summed E-state index contributed by atoms with van der Waals surface area (Å²) in [6.45, 7) is 3.77. The molecular weight excluding hydrogens is 242 g/mol. The topological polar surface area (TPSA) is 66.4 Å². The van der Waals surface area contributed by atoms with Gasteiger partial charge in [-0.2, -0.15) is 0 Å². The Labute approximate surface area is 115 Å². The molecule has 4 nitrogen and oxygen atoms in total. The van der Waals surface area contributed by atoms with Gasteiger partial charge in [-0.15, -0.1) is 0 Å². The van der Waals surface area contributed by atoms with E-state index in [-0.39, 0.29) is 17.9 Å². The van der Waals surface area contributed by atoms with Gasteiger partial charge in [-0.05, 0) is 44.4 Å². The Bertz CT molecular complexity index is 364. The van der Waals surface area contributed by atoms with Gasteiger partial charge in [0.1, 0.15) is 5.41 Å². The molecule has 0 bridgehead atoms. The summed E-state index contributed by atoms with van der Waals surface area (Å²) in [4.78, 5) is 24.1. The first kappa shape index (κ1) is 14.4. The molecule has 2 fully saturated rings. The Morgan fingerprint density at radius 2 is 1.95 bits per heavy atom. The Hall–Kier alpha value is -1.06. The molecular formula is C15H25NO3. The van der Waals surface area contributed by atoms with E-state index in [0.717, 1.165) is 38.5 Å². The maximum atomic E-state index is 12.4. The summed E-state index contributed by atoms with van der Waals surface area (Å²) >= 11 is 0. The zero-order valence-electron chi connectivity index (χ0n) is 11.9. The number of aliphatic carboxylic acids is 1. The SMILES string of the molecule is CCC1CCCC(C(C)(C(=O)O)C(=O)NC2CC2)C1. The van der Waals surface area contributed by atoms with Gasteiger partial charge in [0, 0.05) is 6.04 Å². The summed E-state index contributed by atoms with van der Waals surface area (Å²) in [5, 5.41) is 12.5. The van der Waals surface area contributed by atoms with E-state index in [1.807, 2.05) is 0 Å². The monoisotopic (exact) mass is 267 g/mol. The van der Waals surface area contributed by atoms with E-state index < -0.39 is 11.4 Å². The number of amides is 1. The highest BCUT2D eigenvalue weighted by Crippen LogP contribution is 2.42. The first-order valence-electron chi connectivity index (χ1n) is 7.52. The van der Waals surface area contributed by atoms with E-state index in [4.69, 9.17) is 0 Å². The van der Waals surface area contributed by atoms with E-state index in [0.29, 0.717) is 5.92 Å². The summed E-state index contributed by atoms with van der Waals surface area (Å²) in [5.74, 6) is -0.690. The number of carbonyl (C=O) groups is 2. The van der Waals surface area contributed by atoms with Crippen molar-refractivity contribution in [3.63, 3.8) is 0 Å².